The molecule has 5 heteroatoms. The van der Waals surface area contributed by atoms with Crippen molar-refractivity contribution in [2.75, 3.05) is 5.32 Å². The lowest BCUT2D eigenvalue weighted by molar-refractivity contribution is 0.0690. The van der Waals surface area contributed by atoms with E-state index in [1.807, 2.05) is 0 Å². The van der Waals surface area contributed by atoms with Crippen LogP contribution in [0.15, 0.2) is 12.4 Å². The van der Waals surface area contributed by atoms with Crippen LogP contribution in [0.1, 0.15) is 37.2 Å². The van der Waals surface area contributed by atoms with E-state index in [-0.39, 0.29) is 5.69 Å². The molecule has 0 aliphatic rings. The van der Waals surface area contributed by atoms with Crippen molar-refractivity contribution >= 4 is 11.8 Å². The number of anilines is 1. The van der Waals surface area contributed by atoms with Crippen LogP contribution >= 0.6 is 0 Å². The number of nitrogens with zero attached hydrogens (tertiary/aromatic N) is 2. The van der Waals surface area contributed by atoms with E-state index in [1.165, 1.54) is 12.4 Å². The van der Waals surface area contributed by atoms with E-state index in [0.29, 0.717) is 11.9 Å². The van der Waals surface area contributed by atoms with Gasteiger partial charge in [-0.15, -0.1) is 0 Å². The monoisotopic (exact) mass is 209 g/mol. The second-order valence-electron chi connectivity index (χ2n) is 3.25. The zero-order chi connectivity index (χ0) is 11.3. The second-order valence-corrected chi connectivity index (χ2v) is 3.25. The van der Waals surface area contributed by atoms with Crippen molar-refractivity contribution in [1.82, 2.24) is 9.97 Å². The van der Waals surface area contributed by atoms with Gasteiger partial charge in [0.25, 0.3) is 0 Å². The Morgan fingerprint density at radius 1 is 1.40 bits per heavy atom. The molecule has 0 aliphatic heterocycles. The zero-order valence-corrected chi connectivity index (χ0v) is 8.90. The van der Waals surface area contributed by atoms with Crippen molar-refractivity contribution in [3.05, 3.63) is 18.1 Å². The van der Waals surface area contributed by atoms with Crippen LogP contribution in [0.2, 0.25) is 0 Å². The van der Waals surface area contributed by atoms with Crippen LogP contribution in [0, 0.1) is 0 Å². The van der Waals surface area contributed by atoms with Crippen molar-refractivity contribution in [2.45, 2.75) is 32.7 Å². The van der Waals surface area contributed by atoms with Crippen LogP contribution in [0.3, 0.4) is 0 Å². The van der Waals surface area contributed by atoms with Gasteiger partial charge in [-0.05, 0) is 12.8 Å². The molecule has 15 heavy (non-hydrogen) atoms. The summed E-state index contributed by atoms with van der Waals surface area (Å²) in [5.41, 5.74) is -0.0369. The molecule has 0 saturated heterocycles. The van der Waals surface area contributed by atoms with Gasteiger partial charge in [0.2, 0.25) is 0 Å². The topological polar surface area (TPSA) is 75.1 Å². The van der Waals surface area contributed by atoms with Gasteiger partial charge in [0.05, 0.1) is 12.4 Å². The second kappa shape index (κ2) is 5.29. The van der Waals surface area contributed by atoms with E-state index >= 15 is 0 Å². The summed E-state index contributed by atoms with van der Waals surface area (Å²) in [7, 11) is 0. The van der Waals surface area contributed by atoms with Gasteiger partial charge in [0.1, 0.15) is 5.82 Å². The molecular weight excluding hydrogens is 194 g/mol. The van der Waals surface area contributed by atoms with E-state index in [4.69, 9.17) is 5.11 Å². The Hall–Kier alpha value is -1.65. The predicted molar refractivity (Wildman–Crippen MR) is 57.0 cm³/mol. The first-order chi connectivity index (χ1) is 7.17. The number of aromatic nitrogens is 2. The number of hydrogen-bond acceptors (Lipinski definition) is 4. The molecule has 0 radical (unpaired) electrons. The number of carbonyl (C=O) groups is 1. The molecule has 0 aliphatic carbocycles. The van der Waals surface area contributed by atoms with E-state index in [1.54, 1.807) is 0 Å². The molecule has 0 atom stereocenters. The highest BCUT2D eigenvalue weighted by molar-refractivity contribution is 5.84. The van der Waals surface area contributed by atoms with Gasteiger partial charge in [-0.25, -0.2) is 14.8 Å². The highest BCUT2D eigenvalue weighted by atomic mass is 16.4. The lowest BCUT2D eigenvalue weighted by atomic mass is 10.2. The van der Waals surface area contributed by atoms with Crippen molar-refractivity contribution < 1.29 is 9.90 Å². The predicted octanol–water partition coefficient (Wildman–Crippen LogP) is 1.78. The van der Waals surface area contributed by atoms with E-state index in [0.717, 1.165) is 12.8 Å². The fourth-order valence-electron chi connectivity index (χ4n) is 1.21. The van der Waals surface area contributed by atoms with Gasteiger partial charge >= 0.3 is 5.97 Å². The van der Waals surface area contributed by atoms with Gasteiger partial charge in [0.15, 0.2) is 5.69 Å². The Balaban J connectivity index is 2.67. The molecule has 0 aromatic carbocycles. The summed E-state index contributed by atoms with van der Waals surface area (Å²) in [5, 5.41) is 11.8. The zero-order valence-electron chi connectivity index (χ0n) is 8.90. The van der Waals surface area contributed by atoms with Gasteiger partial charge in [-0.3, -0.25) is 0 Å². The highest BCUT2D eigenvalue weighted by Gasteiger charge is 2.07. The quantitative estimate of drug-likeness (QED) is 0.773. The summed E-state index contributed by atoms with van der Waals surface area (Å²) < 4.78 is 0. The van der Waals surface area contributed by atoms with E-state index in [9.17, 15) is 4.79 Å². The van der Waals surface area contributed by atoms with Crippen LogP contribution < -0.4 is 5.32 Å². The third kappa shape index (κ3) is 3.19. The molecule has 0 spiro atoms. The average Bonchev–Trinajstić information content (AvgIpc) is 2.26. The third-order valence-corrected chi connectivity index (χ3v) is 2.21. The van der Waals surface area contributed by atoms with Crippen LogP contribution in [-0.4, -0.2) is 27.1 Å². The molecule has 5 nitrogen and oxygen atoms in total. The summed E-state index contributed by atoms with van der Waals surface area (Å²) in [4.78, 5) is 18.3. The number of carboxylic acid groups (broad SMARTS) is 1. The Morgan fingerprint density at radius 2 is 2.07 bits per heavy atom. The summed E-state index contributed by atoms with van der Waals surface area (Å²) in [5.74, 6) is -0.440. The molecule has 0 fully saturated rings. The average molecular weight is 209 g/mol. The van der Waals surface area contributed by atoms with Gasteiger partial charge < -0.3 is 10.4 Å². The molecule has 1 aromatic heterocycles. The Bertz CT molecular complexity index is 320. The lowest BCUT2D eigenvalue weighted by Gasteiger charge is -2.14. The molecule has 82 valence electrons. The minimum absolute atomic E-state index is 0.0369. The van der Waals surface area contributed by atoms with Crippen LogP contribution in [0.25, 0.3) is 0 Å². The molecule has 0 amide bonds. The number of nitrogens with one attached hydrogen (secondary N) is 1. The molecular formula is C10H15N3O2. The molecule has 1 rings (SSSR count). The first kappa shape index (κ1) is 11.4. The third-order valence-electron chi connectivity index (χ3n) is 2.21. The van der Waals surface area contributed by atoms with Crippen molar-refractivity contribution in [3.8, 4) is 0 Å². The SMILES string of the molecule is CCC(CC)Nc1cnc(C(=O)O)cn1. The normalized spacial score (nSPS) is 10.3. The van der Waals surface area contributed by atoms with Gasteiger partial charge in [-0.1, -0.05) is 13.8 Å². The highest BCUT2D eigenvalue weighted by Crippen LogP contribution is 2.07. The van der Waals surface area contributed by atoms with Gasteiger partial charge in [0, 0.05) is 6.04 Å². The molecule has 0 saturated carbocycles. The first-order valence-corrected chi connectivity index (χ1v) is 4.99. The van der Waals surface area contributed by atoms with Gasteiger partial charge in [-0.2, -0.15) is 0 Å². The Morgan fingerprint density at radius 3 is 2.47 bits per heavy atom. The largest absolute Gasteiger partial charge is 0.476 e. The maximum atomic E-state index is 10.5. The van der Waals surface area contributed by atoms with Crippen LogP contribution in [0.5, 0.6) is 0 Å². The van der Waals surface area contributed by atoms with E-state index in [2.05, 4.69) is 29.1 Å². The molecule has 0 bridgehead atoms. The minimum Gasteiger partial charge on any atom is -0.476 e. The summed E-state index contributed by atoms with van der Waals surface area (Å²) in [6, 6.07) is 0.356. The Kier molecular flexibility index (Phi) is 4.03. The fraction of sp³-hybridized carbons (Fsp3) is 0.500. The summed E-state index contributed by atoms with van der Waals surface area (Å²) in [6.45, 7) is 4.17. The Labute approximate surface area is 88.6 Å². The summed E-state index contributed by atoms with van der Waals surface area (Å²) in [6.07, 6.45) is 4.70. The minimum atomic E-state index is -1.06. The molecule has 1 aromatic rings. The maximum Gasteiger partial charge on any atom is 0.356 e. The van der Waals surface area contributed by atoms with Crippen molar-refractivity contribution in [2.24, 2.45) is 0 Å². The van der Waals surface area contributed by atoms with Crippen LogP contribution in [-0.2, 0) is 0 Å². The number of rotatable bonds is 5. The lowest BCUT2D eigenvalue weighted by Crippen LogP contribution is -2.18. The van der Waals surface area contributed by atoms with Crippen molar-refractivity contribution in [3.63, 3.8) is 0 Å². The molecule has 1 heterocycles. The van der Waals surface area contributed by atoms with E-state index < -0.39 is 5.97 Å². The number of hydrogen-bond donors (Lipinski definition) is 2. The fourth-order valence-corrected chi connectivity index (χ4v) is 1.21. The smallest absolute Gasteiger partial charge is 0.356 e. The first-order valence-electron chi connectivity index (χ1n) is 4.99. The van der Waals surface area contributed by atoms with Crippen LogP contribution in [0.4, 0.5) is 5.82 Å². The maximum absolute atomic E-state index is 10.5. The molecule has 0 unspecified atom stereocenters. The van der Waals surface area contributed by atoms with Crippen molar-refractivity contribution in [1.29, 1.82) is 0 Å². The summed E-state index contributed by atoms with van der Waals surface area (Å²) >= 11 is 0. The number of aromatic carboxylic acids is 1. The number of carboxylic acids is 1. The molecule has 2 N–H and O–H groups in total. The standard InChI is InChI=1S/C10H15N3O2/c1-3-7(4-2)13-9-6-11-8(5-12-9)10(14)15/h5-7H,3-4H2,1-2H3,(H,12,13)(H,14,15).